The molecule has 0 aromatic carbocycles. The van der Waals surface area contributed by atoms with Crippen molar-refractivity contribution >= 4 is 70.6 Å². The van der Waals surface area contributed by atoms with Crippen LogP contribution in [0.15, 0.2) is 39.9 Å². The van der Waals surface area contributed by atoms with Crippen molar-refractivity contribution in [2.24, 2.45) is 0 Å². The van der Waals surface area contributed by atoms with Gasteiger partial charge in [0.1, 0.15) is 0 Å². The van der Waals surface area contributed by atoms with Crippen molar-refractivity contribution in [1.29, 1.82) is 0 Å². The molecule has 0 bridgehead atoms. The Labute approximate surface area is 138 Å². The van der Waals surface area contributed by atoms with Crippen molar-refractivity contribution in [3.63, 3.8) is 0 Å². The maximum Gasteiger partial charge on any atom is 0.0753 e. The Balaban J connectivity index is 0.000000637. The summed E-state index contributed by atoms with van der Waals surface area (Å²) in [5.74, 6) is 0. The first kappa shape index (κ1) is 16.4. The lowest BCUT2D eigenvalue weighted by molar-refractivity contribution is 0.324. The van der Waals surface area contributed by atoms with Gasteiger partial charge in [-0.05, 0) is 0 Å². The summed E-state index contributed by atoms with van der Waals surface area (Å²) in [4.78, 5) is 1.79. The van der Waals surface area contributed by atoms with Crippen LogP contribution in [-0.4, -0.2) is 28.5 Å². The minimum Gasteiger partial charge on any atom is -0.391 e. The van der Waals surface area contributed by atoms with Crippen LogP contribution >= 0.6 is 70.6 Å². The molecule has 0 saturated carbocycles. The number of hydrogen-bond donors (Lipinski definition) is 2. The lowest BCUT2D eigenvalue weighted by atomic mass is 10.5. The van der Waals surface area contributed by atoms with Crippen molar-refractivity contribution in [1.82, 2.24) is 0 Å². The van der Waals surface area contributed by atoms with Crippen LogP contribution in [0.5, 0.6) is 0 Å². The van der Waals surface area contributed by atoms with Crippen molar-refractivity contribution < 1.29 is 10.2 Å². The van der Waals surface area contributed by atoms with Crippen LogP contribution in [0, 0.1) is 0 Å². The fraction of sp³-hybridized carbons (Fsp3) is 0.273. The molecule has 0 aliphatic carbocycles. The lowest BCUT2D eigenvalue weighted by Crippen LogP contribution is -1.89. The minimum atomic E-state index is 0.0241. The van der Waals surface area contributed by atoms with Crippen LogP contribution in [0.3, 0.4) is 0 Å². The highest BCUT2D eigenvalue weighted by molar-refractivity contribution is 8.46. The molecule has 3 rings (SSSR count). The second-order valence-electron chi connectivity index (χ2n) is 3.13. The smallest absolute Gasteiger partial charge is 0.0753 e. The summed E-state index contributed by atoms with van der Waals surface area (Å²) in [6.45, 7) is 6.05. The van der Waals surface area contributed by atoms with E-state index in [1.54, 1.807) is 23.5 Å². The molecule has 0 atom stereocenters. The standard InChI is InChI=1S/C9H8O2S6.C2H4/c10-1-4-5(2-11)15-8(14-4)9-16-6-7(17-9)13-3-12-6;1-2/h10-11H,1-3H2;1-2H2. The van der Waals surface area contributed by atoms with E-state index in [0.717, 1.165) is 14.9 Å². The molecule has 0 spiro atoms. The highest BCUT2D eigenvalue weighted by Crippen LogP contribution is 2.66. The van der Waals surface area contributed by atoms with E-state index in [1.807, 2.05) is 47.0 Å². The molecular weight excluding hydrogens is 357 g/mol. The molecular formula is C11H12O2S6. The second kappa shape index (κ2) is 7.84. The van der Waals surface area contributed by atoms with Gasteiger partial charge in [-0.1, -0.05) is 47.0 Å². The van der Waals surface area contributed by atoms with Gasteiger partial charge < -0.3 is 10.2 Å². The van der Waals surface area contributed by atoms with E-state index in [-0.39, 0.29) is 13.2 Å². The third-order valence-electron chi connectivity index (χ3n) is 2.11. The average molecular weight is 369 g/mol. The zero-order valence-electron chi connectivity index (χ0n) is 9.88. The molecule has 0 saturated heterocycles. The Kier molecular flexibility index (Phi) is 6.75. The molecule has 0 unspecified atom stereocenters. The number of thioether (sulfide) groups is 6. The quantitative estimate of drug-likeness (QED) is 0.683. The molecule has 0 fully saturated rings. The third-order valence-corrected chi connectivity index (χ3v) is 10.9. The first-order valence-corrected chi connectivity index (χ1v) is 10.4. The zero-order chi connectivity index (χ0) is 13.8. The first-order valence-electron chi connectivity index (χ1n) is 5.21. The number of hydrogen-bond acceptors (Lipinski definition) is 8. The molecule has 3 aliphatic heterocycles. The zero-order valence-corrected chi connectivity index (χ0v) is 14.8. The molecule has 0 radical (unpaired) electrons. The van der Waals surface area contributed by atoms with Gasteiger partial charge >= 0.3 is 0 Å². The highest BCUT2D eigenvalue weighted by atomic mass is 32.3. The van der Waals surface area contributed by atoms with Gasteiger partial charge in [-0.3, -0.25) is 0 Å². The first-order chi connectivity index (χ1) is 9.31. The van der Waals surface area contributed by atoms with E-state index in [4.69, 9.17) is 0 Å². The average Bonchev–Trinajstić information content (AvgIpc) is 3.13. The second-order valence-corrected chi connectivity index (χ2v) is 10.7. The van der Waals surface area contributed by atoms with Gasteiger partial charge in [0.25, 0.3) is 0 Å². The summed E-state index contributed by atoms with van der Waals surface area (Å²) in [5.41, 5.74) is 0. The largest absolute Gasteiger partial charge is 0.391 e. The van der Waals surface area contributed by atoms with Gasteiger partial charge in [-0.15, -0.1) is 36.7 Å². The van der Waals surface area contributed by atoms with Crippen LogP contribution in [0.1, 0.15) is 0 Å². The van der Waals surface area contributed by atoms with E-state index >= 15 is 0 Å². The van der Waals surface area contributed by atoms with Crippen molar-refractivity contribution in [3.8, 4) is 0 Å². The number of aliphatic hydroxyl groups excluding tert-OH is 2. The van der Waals surface area contributed by atoms with Gasteiger partial charge in [-0.25, -0.2) is 0 Å². The van der Waals surface area contributed by atoms with Gasteiger partial charge in [-0.2, -0.15) is 0 Å². The summed E-state index contributed by atoms with van der Waals surface area (Å²) < 4.78 is 5.36. The summed E-state index contributed by atoms with van der Waals surface area (Å²) in [6.07, 6.45) is 0. The van der Waals surface area contributed by atoms with Crippen molar-refractivity contribution in [3.05, 3.63) is 39.9 Å². The summed E-state index contributed by atoms with van der Waals surface area (Å²) in [5, 5.41) is 19.6. The van der Waals surface area contributed by atoms with E-state index in [9.17, 15) is 10.2 Å². The van der Waals surface area contributed by atoms with Crippen LogP contribution in [0.25, 0.3) is 0 Å². The van der Waals surface area contributed by atoms with Crippen molar-refractivity contribution in [2.75, 3.05) is 18.3 Å². The van der Waals surface area contributed by atoms with E-state index in [1.165, 1.54) is 16.9 Å². The summed E-state index contributed by atoms with van der Waals surface area (Å²) in [7, 11) is 0. The summed E-state index contributed by atoms with van der Waals surface area (Å²) >= 11 is 10.7. The molecule has 3 heterocycles. The number of aliphatic hydroxyl groups is 2. The van der Waals surface area contributed by atoms with Gasteiger partial charge in [0.05, 0.1) is 30.2 Å². The molecule has 0 aromatic heterocycles. The molecule has 8 heteroatoms. The lowest BCUT2D eigenvalue weighted by Gasteiger charge is -2.03. The molecule has 104 valence electrons. The van der Waals surface area contributed by atoms with Gasteiger partial charge in [0.15, 0.2) is 0 Å². The Hall–Kier alpha value is 0.980. The fourth-order valence-electron chi connectivity index (χ4n) is 1.35. The maximum atomic E-state index is 9.23. The number of rotatable bonds is 2. The molecule has 2 nitrogen and oxygen atoms in total. The Morgan fingerprint density at radius 2 is 1.16 bits per heavy atom. The van der Waals surface area contributed by atoms with Crippen LogP contribution < -0.4 is 0 Å². The van der Waals surface area contributed by atoms with E-state index in [0.29, 0.717) is 0 Å². The molecule has 2 N–H and O–H groups in total. The van der Waals surface area contributed by atoms with E-state index < -0.39 is 0 Å². The molecule has 0 aromatic rings. The minimum absolute atomic E-state index is 0.0241. The molecule has 0 amide bonds. The summed E-state index contributed by atoms with van der Waals surface area (Å²) in [6, 6.07) is 0. The van der Waals surface area contributed by atoms with Crippen LogP contribution in [0.2, 0.25) is 0 Å². The monoisotopic (exact) mass is 368 g/mol. The van der Waals surface area contributed by atoms with E-state index in [2.05, 4.69) is 13.2 Å². The predicted molar refractivity (Wildman–Crippen MR) is 96.9 cm³/mol. The highest BCUT2D eigenvalue weighted by Gasteiger charge is 2.32. The Bertz CT molecular complexity index is 432. The fourth-order valence-corrected chi connectivity index (χ4v) is 10.5. The van der Waals surface area contributed by atoms with Crippen LogP contribution in [-0.2, 0) is 0 Å². The Morgan fingerprint density at radius 3 is 1.58 bits per heavy atom. The molecule has 3 aliphatic rings. The van der Waals surface area contributed by atoms with Crippen LogP contribution in [0.4, 0.5) is 0 Å². The maximum absolute atomic E-state index is 9.23. The third kappa shape index (κ3) is 3.60. The topological polar surface area (TPSA) is 40.5 Å². The normalized spacial score (nSPS) is 22.0. The molecule has 19 heavy (non-hydrogen) atoms. The van der Waals surface area contributed by atoms with Crippen molar-refractivity contribution in [2.45, 2.75) is 0 Å². The SMILES string of the molecule is C=C.OCC1=C(CO)SC(=C2SC3=C(SCS3)S2)S1. The van der Waals surface area contributed by atoms with Gasteiger partial charge in [0, 0.05) is 14.9 Å². The van der Waals surface area contributed by atoms with Gasteiger partial charge in [0.2, 0.25) is 0 Å². The Morgan fingerprint density at radius 1 is 0.737 bits per heavy atom. The predicted octanol–water partition coefficient (Wildman–Crippen LogP) is 4.64.